The molecule has 0 spiro atoms. The number of piperidine rings is 1. The van der Waals surface area contributed by atoms with E-state index in [2.05, 4.69) is 0 Å². The third-order valence-corrected chi connectivity index (χ3v) is 8.62. The number of aromatic hydroxyl groups is 1. The molecule has 1 saturated heterocycles. The van der Waals surface area contributed by atoms with Crippen LogP contribution < -0.4 is 5.73 Å². The molecule has 0 unspecified atom stereocenters. The van der Waals surface area contributed by atoms with Crippen LogP contribution in [0, 0.1) is 12.8 Å². The van der Waals surface area contributed by atoms with Gasteiger partial charge < -0.3 is 15.6 Å². The lowest BCUT2D eigenvalue weighted by atomic mass is 9.83. The van der Waals surface area contributed by atoms with Crippen LogP contribution in [0.5, 0.6) is 5.75 Å². The highest BCUT2D eigenvalue weighted by Crippen LogP contribution is 2.41. The summed E-state index contributed by atoms with van der Waals surface area (Å²) in [7, 11) is -4.29. The van der Waals surface area contributed by atoms with Crippen molar-refractivity contribution in [3.05, 3.63) is 58.7 Å². The molecule has 2 aliphatic rings. The zero-order chi connectivity index (χ0) is 24.0. The fourth-order valence-electron chi connectivity index (χ4n) is 4.83. The average Bonchev–Trinajstić information content (AvgIpc) is 2.80. The molecule has 2 aromatic carbocycles. The van der Waals surface area contributed by atoms with Gasteiger partial charge in [-0.1, -0.05) is 24.3 Å². The minimum Gasteiger partial charge on any atom is -0.507 e. The van der Waals surface area contributed by atoms with Crippen molar-refractivity contribution in [2.75, 3.05) is 19.6 Å². The van der Waals surface area contributed by atoms with E-state index in [-0.39, 0.29) is 43.5 Å². The Labute approximate surface area is 191 Å². The molecular formula is C23H27F3N2O4S. The van der Waals surface area contributed by atoms with Gasteiger partial charge in [-0.25, -0.2) is 8.42 Å². The van der Waals surface area contributed by atoms with E-state index in [1.807, 2.05) is 19.1 Å². The maximum atomic E-state index is 13.4. The van der Waals surface area contributed by atoms with Gasteiger partial charge in [0.25, 0.3) is 0 Å². The van der Waals surface area contributed by atoms with Crippen LogP contribution in [-0.4, -0.2) is 43.6 Å². The number of fused-ring (bicyclic) bond motifs is 1. The lowest BCUT2D eigenvalue weighted by Crippen LogP contribution is -2.44. The molecule has 2 atom stereocenters. The Kier molecular flexibility index (Phi) is 6.47. The van der Waals surface area contributed by atoms with Crippen molar-refractivity contribution >= 4 is 10.0 Å². The van der Waals surface area contributed by atoms with E-state index < -0.39 is 26.7 Å². The smallest absolute Gasteiger partial charge is 0.417 e. The molecular weight excluding hydrogens is 457 g/mol. The van der Waals surface area contributed by atoms with Gasteiger partial charge in [0.1, 0.15) is 5.75 Å². The van der Waals surface area contributed by atoms with Crippen LogP contribution in [0.4, 0.5) is 13.2 Å². The molecule has 0 bridgehead atoms. The molecule has 180 valence electrons. The minimum atomic E-state index is -4.76. The Morgan fingerprint density at radius 3 is 2.45 bits per heavy atom. The topological polar surface area (TPSA) is 92.9 Å². The fourth-order valence-corrected chi connectivity index (χ4v) is 6.51. The van der Waals surface area contributed by atoms with E-state index in [9.17, 15) is 26.7 Å². The third-order valence-electron chi connectivity index (χ3n) is 6.66. The molecule has 3 N–H and O–H groups in total. The highest BCUT2D eigenvalue weighted by Gasteiger charge is 2.41. The van der Waals surface area contributed by atoms with E-state index in [0.29, 0.717) is 19.3 Å². The molecule has 10 heteroatoms. The van der Waals surface area contributed by atoms with Gasteiger partial charge in [-0.15, -0.1) is 0 Å². The number of halogens is 3. The molecule has 0 amide bonds. The van der Waals surface area contributed by atoms with Crippen LogP contribution in [0.1, 0.15) is 41.2 Å². The van der Waals surface area contributed by atoms with Crippen molar-refractivity contribution in [3.63, 3.8) is 0 Å². The van der Waals surface area contributed by atoms with Gasteiger partial charge in [-0.05, 0) is 48.9 Å². The number of rotatable bonds is 4. The number of phenolic OH excluding ortho intramolecular Hbond substituents is 1. The number of hydrogen-bond acceptors (Lipinski definition) is 5. The highest BCUT2D eigenvalue weighted by atomic mass is 32.2. The highest BCUT2D eigenvalue weighted by molar-refractivity contribution is 7.89. The fraction of sp³-hybridized carbons (Fsp3) is 0.478. The zero-order valence-electron chi connectivity index (χ0n) is 18.2. The van der Waals surface area contributed by atoms with Gasteiger partial charge >= 0.3 is 6.18 Å². The molecule has 2 aromatic rings. The zero-order valence-corrected chi connectivity index (χ0v) is 19.0. The van der Waals surface area contributed by atoms with E-state index in [0.717, 1.165) is 33.1 Å². The lowest BCUT2D eigenvalue weighted by Gasteiger charge is -2.40. The van der Waals surface area contributed by atoms with Crippen LogP contribution in [0.2, 0.25) is 0 Å². The molecule has 6 nitrogen and oxygen atoms in total. The Morgan fingerprint density at radius 2 is 1.82 bits per heavy atom. The van der Waals surface area contributed by atoms with Gasteiger partial charge in [0.2, 0.25) is 10.0 Å². The molecule has 0 radical (unpaired) electrons. The molecule has 0 aromatic heterocycles. The van der Waals surface area contributed by atoms with Gasteiger partial charge in [0, 0.05) is 31.6 Å². The van der Waals surface area contributed by atoms with E-state index in [1.165, 1.54) is 12.1 Å². The summed E-state index contributed by atoms with van der Waals surface area (Å²) in [6.45, 7) is 2.26. The van der Waals surface area contributed by atoms with Crippen molar-refractivity contribution in [2.45, 2.75) is 49.5 Å². The van der Waals surface area contributed by atoms with Gasteiger partial charge in [0.05, 0.1) is 22.7 Å². The second kappa shape index (κ2) is 8.90. The Morgan fingerprint density at radius 1 is 1.15 bits per heavy atom. The van der Waals surface area contributed by atoms with Crippen molar-refractivity contribution in [1.82, 2.24) is 4.31 Å². The Hall–Kier alpha value is -2.14. The first-order valence-electron chi connectivity index (χ1n) is 10.9. The number of benzene rings is 2. The molecule has 33 heavy (non-hydrogen) atoms. The number of ether oxygens (including phenoxy) is 1. The summed E-state index contributed by atoms with van der Waals surface area (Å²) < 4.78 is 73.5. The SMILES string of the molecule is Cc1ccc2c(c1O)C[C@@H](C1CCN(S(=O)(=O)c3ccccc3C(F)(F)F)CC1)O[C@H]2CN. The maximum absolute atomic E-state index is 13.4. The normalized spacial score (nSPS) is 22.8. The molecule has 0 aliphatic carbocycles. The summed E-state index contributed by atoms with van der Waals surface area (Å²) in [6, 6.07) is 7.99. The van der Waals surface area contributed by atoms with Crippen LogP contribution in [0.25, 0.3) is 0 Å². The van der Waals surface area contributed by atoms with Gasteiger partial charge in [0.15, 0.2) is 0 Å². The van der Waals surface area contributed by atoms with Crippen LogP contribution in [0.15, 0.2) is 41.3 Å². The number of aryl methyl sites for hydroxylation is 1. The van der Waals surface area contributed by atoms with Crippen molar-refractivity contribution in [1.29, 1.82) is 0 Å². The van der Waals surface area contributed by atoms with E-state index >= 15 is 0 Å². The van der Waals surface area contributed by atoms with E-state index in [4.69, 9.17) is 10.5 Å². The second-order valence-electron chi connectivity index (χ2n) is 8.64. The number of nitrogens with zero attached hydrogens (tertiary/aromatic N) is 1. The molecule has 2 heterocycles. The minimum absolute atomic E-state index is 0.00331. The number of sulfonamides is 1. The molecule has 2 aliphatic heterocycles. The molecule has 1 fully saturated rings. The van der Waals surface area contributed by atoms with E-state index in [1.54, 1.807) is 0 Å². The first-order chi connectivity index (χ1) is 15.5. The van der Waals surface area contributed by atoms with Crippen LogP contribution >= 0.6 is 0 Å². The summed E-state index contributed by atoms with van der Waals surface area (Å²) in [5.74, 6) is 0.222. The second-order valence-corrected chi connectivity index (χ2v) is 10.5. The van der Waals surface area contributed by atoms with Crippen molar-refractivity contribution in [3.8, 4) is 5.75 Å². The predicted molar refractivity (Wildman–Crippen MR) is 116 cm³/mol. The summed E-state index contributed by atoms with van der Waals surface area (Å²) >= 11 is 0. The predicted octanol–water partition coefficient (Wildman–Crippen LogP) is 3.76. The number of hydrogen-bond donors (Lipinski definition) is 2. The maximum Gasteiger partial charge on any atom is 0.417 e. The summed E-state index contributed by atoms with van der Waals surface area (Å²) in [5, 5.41) is 10.6. The summed E-state index contributed by atoms with van der Waals surface area (Å²) in [6.07, 6.45) is -4.03. The Bertz CT molecular complexity index is 1130. The first kappa shape index (κ1) is 24.0. The number of phenols is 1. The summed E-state index contributed by atoms with van der Waals surface area (Å²) in [5.41, 5.74) is 7.17. The average molecular weight is 485 g/mol. The van der Waals surface area contributed by atoms with Crippen LogP contribution in [-0.2, 0) is 27.4 Å². The van der Waals surface area contributed by atoms with Crippen molar-refractivity contribution < 1.29 is 31.4 Å². The lowest BCUT2D eigenvalue weighted by molar-refractivity contribution is -0.139. The number of alkyl halides is 3. The first-order valence-corrected chi connectivity index (χ1v) is 12.3. The largest absolute Gasteiger partial charge is 0.507 e. The summed E-state index contributed by atoms with van der Waals surface area (Å²) in [4.78, 5) is -0.720. The quantitative estimate of drug-likeness (QED) is 0.690. The van der Waals surface area contributed by atoms with Crippen LogP contribution in [0.3, 0.4) is 0 Å². The van der Waals surface area contributed by atoms with Gasteiger partial charge in [-0.2, -0.15) is 17.5 Å². The standard InChI is InChI=1S/C23H27F3N2O4S/c1-14-6-7-16-17(22(14)29)12-19(32-20(16)13-27)15-8-10-28(11-9-15)33(30,31)21-5-3-2-4-18(21)23(24,25)26/h2-7,15,19-20,29H,8-13,27H2,1H3/t19-,20-/m0/s1. The molecule has 0 saturated carbocycles. The van der Waals surface area contributed by atoms with Crippen molar-refractivity contribution in [2.24, 2.45) is 11.7 Å². The number of nitrogens with two attached hydrogens (primary N) is 1. The molecule has 4 rings (SSSR count). The monoisotopic (exact) mass is 484 g/mol. The Balaban J connectivity index is 1.51. The third kappa shape index (κ3) is 4.49. The van der Waals surface area contributed by atoms with Gasteiger partial charge in [-0.3, -0.25) is 0 Å².